The number of terminal acetylenes is 1. The van der Waals surface area contributed by atoms with Gasteiger partial charge < -0.3 is 9.47 Å². The monoisotopic (exact) mass is 345 g/mol. The average molecular weight is 345 g/mol. The highest BCUT2D eigenvalue weighted by molar-refractivity contribution is 8.18. The molecule has 7 heteroatoms. The predicted molar refractivity (Wildman–Crippen MR) is 90.1 cm³/mol. The van der Waals surface area contributed by atoms with Crippen LogP contribution in [0.15, 0.2) is 29.2 Å². The number of benzene rings is 1. The third kappa shape index (κ3) is 3.78. The fourth-order valence-electron chi connectivity index (χ4n) is 2.03. The van der Waals surface area contributed by atoms with Gasteiger partial charge in [0.15, 0.2) is 0 Å². The Labute approximate surface area is 143 Å². The van der Waals surface area contributed by atoms with Crippen molar-refractivity contribution in [3.8, 4) is 18.1 Å². The van der Waals surface area contributed by atoms with E-state index in [0.717, 1.165) is 22.2 Å². The molecule has 1 heterocycles. The molecule has 1 fully saturated rings. The maximum atomic E-state index is 12.4. The molecule has 1 atom stereocenters. The van der Waals surface area contributed by atoms with E-state index in [1.54, 1.807) is 30.3 Å². The van der Waals surface area contributed by atoms with Crippen LogP contribution in [0.1, 0.15) is 12.5 Å². The minimum Gasteiger partial charge on any atom is -0.481 e. The Morgan fingerprint density at radius 3 is 2.62 bits per heavy atom. The van der Waals surface area contributed by atoms with Gasteiger partial charge in [0.2, 0.25) is 0 Å². The Hall–Kier alpha value is -2.72. The summed E-state index contributed by atoms with van der Waals surface area (Å²) < 4.78 is 9.84. The van der Waals surface area contributed by atoms with Crippen molar-refractivity contribution in [1.82, 2.24) is 4.90 Å². The first-order chi connectivity index (χ1) is 11.5. The molecular formula is C17H15NO5S. The second-order valence-electron chi connectivity index (χ2n) is 4.81. The molecule has 24 heavy (non-hydrogen) atoms. The molecule has 2 amide bonds. The number of carbonyl (C=O) groups excluding carboxylic acids is 3. The van der Waals surface area contributed by atoms with E-state index < -0.39 is 23.2 Å². The van der Waals surface area contributed by atoms with Crippen LogP contribution in [0, 0.1) is 12.3 Å². The zero-order valence-electron chi connectivity index (χ0n) is 13.1. The van der Waals surface area contributed by atoms with Crippen molar-refractivity contribution in [2.75, 3.05) is 13.7 Å². The van der Waals surface area contributed by atoms with Gasteiger partial charge in [0, 0.05) is 0 Å². The minimum absolute atomic E-state index is 0.170. The first-order valence-electron chi connectivity index (χ1n) is 6.99. The number of hydrogen-bond donors (Lipinski definition) is 0. The third-order valence-electron chi connectivity index (χ3n) is 3.25. The van der Waals surface area contributed by atoms with Crippen molar-refractivity contribution in [2.24, 2.45) is 0 Å². The maximum absolute atomic E-state index is 12.4. The van der Waals surface area contributed by atoms with Crippen LogP contribution in [-0.2, 0) is 14.3 Å². The zero-order chi connectivity index (χ0) is 17.7. The molecule has 2 rings (SSSR count). The number of rotatable bonds is 5. The molecular weight excluding hydrogens is 330 g/mol. The lowest BCUT2D eigenvalue weighted by Crippen LogP contribution is -2.42. The number of amides is 2. The van der Waals surface area contributed by atoms with Crippen LogP contribution in [0.2, 0.25) is 0 Å². The molecule has 1 aliphatic heterocycles. The molecule has 0 saturated carbocycles. The van der Waals surface area contributed by atoms with Gasteiger partial charge in [-0.2, -0.15) is 0 Å². The fourth-order valence-corrected chi connectivity index (χ4v) is 2.93. The van der Waals surface area contributed by atoms with E-state index in [1.165, 1.54) is 14.0 Å². The Morgan fingerprint density at radius 1 is 1.38 bits per heavy atom. The summed E-state index contributed by atoms with van der Waals surface area (Å²) in [4.78, 5) is 37.0. The average Bonchev–Trinajstić information content (AvgIpc) is 2.86. The van der Waals surface area contributed by atoms with Gasteiger partial charge in [-0.05, 0) is 42.5 Å². The van der Waals surface area contributed by atoms with Crippen LogP contribution in [-0.4, -0.2) is 41.8 Å². The summed E-state index contributed by atoms with van der Waals surface area (Å²) in [6, 6.07) is 5.94. The van der Waals surface area contributed by atoms with Gasteiger partial charge in [-0.15, -0.1) is 6.42 Å². The number of methoxy groups -OCH3 is 1. The van der Waals surface area contributed by atoms with Crippen molar-refractivity contribution in [3.63, 3.8) is 0 Å². The van der Waals surface area contributed by atoms with Gasteiger partial charge in [0.05, 0.1) is 12.0 Å². The van der Waals surface area contributed by atoms with E-state index in [9.17, 15) is 14.4 Å². The smallest absolute Gasteiger partial charge is 0.328 e. The van der Waals surface area contributed by atoms with E-state index in [2.05, 4.69) is 10.7 Å². The summed E-state index contributed by atoms with van der Waals surface area (Å²) in [5.74, 6) is 1.81. The van der Waals surface area contributed by atoms with E-state index in [4.69, 9.17) is 11.2 Å². The lowest BCUT2D eigenvalue weighted by Gasteiger charge is -2.18. The Balaban J connectivity index is 2.16. The summed E-state index contributed by atoms with van der Waals surface area (Å²) in [7, 11) is 1.21. The highest BCUT2D eigenvalue weighted by Gasteiger charge is 2.41. The topological polar surface area (TPSA) is 72.9 Å². The highest BCUT2D eigenvalue weighted by atomic mass is 32.2. The summed E-state index contributed by atoms with van der Waals surface area (Å²) in [5, 5.41) is -0.502. The number of thioether (sulfide) groups is 1. The predicted octanol–water partition coefficient (Wildman–Crippen LogP) is 2.30. The molecule has 1 aromatic carbocycles. The minimum atomic E-state index is -0.965. The molecule has 0 aromatic heterocycles. The molecule has 1 saturated heterocycles. The molecule has 1 unspecified atom stereocenters. The third-order valence-corrected chi connectivity index (χ3v) is 4.14. The van der Waals surface area contributed by atoms with Gasteiger partial charge in [0.25, 0.3) is 11.1 Å². The lowest BCUT2D eigenvalue weighted by molar-refractivity contribution is -0.148. The molecule has 0 N–H and O–H groups in total. The Bertz CT molecular complexity index is 732. The van der Waals surface area contributed by atoms with Crippen molar-refractivity contribution in [1.29, 1.82) is 0 Å². The SMILES string of the molecule is C#CCOc1ccc(/C=C2/SC(=O)N(C(C)C(=O)OC)C2=O)cc1. The number of imide groups is 1. The van der Waals surface area contributed by atoms with Crippen molar-refractivity contribution in [2.45, 2.75) is 13.0 Å². The van der Waals surface area contributed by atoms with Crippen LogP contribution in [0.3, 0.4) is 0 Å². The van der Waals surface area contributed by atoms with E-state index >= 15 is 0 Å². The standard InChI is InChI=1S/C17H15NO5S/c1-4-9-23-13-7-5-12(6-8-13)10-14-15(19)18(17(21)24-14)11(2)16(20)22-3/h1,5-8,10-11H,9H2,2-3H3/b14-10+. The van der Waals surface area contributed by atoms with E-state index in [0.29, 0.717) is 5.75 Å². The molecule has 0 aliphatic carbocycles. The van der Waals surface area contributed by atoms with Crippen LogP contribution >= 0.6 is 11.8 Å². The summed E-state index contributed by atoms with van der Waals surface area (Å²) in [6.45, 7) is 1.62. The number of carbonyl (C=O) groups is 3. The molecule has 0 radical (unpaired) electrons. The van der Waals surface area contributed by atoms with Crippen molar-refractivity contribution >= 4 is 35.0 Å². The van der Waals surface area contributed by atoms with Crippen molar-refractivity contribution < 1.29 is 23.9 Å². The first kappa shape index (κ1) is 17.6. The van der Waals surface area contributed by atoms with Crippen molar-refractivity contribution in [3.05, 3.63) is 34.7 Å². The van der Waals surface area contributed by atoms with E-state index in [-0.39, 0.29) is 11.5 Å². The second kappa shape index (κ2) is 7.70. The molecule has 1 aliphatic rings. The summed E-state index contributed by atoms with van der Waals surface area (Å²) in [6.07, 6.45) is 6.70. The van der Waals surface area contributed by atoms with Gasteiger partial charge >= 0.3 is 5.97 Å². The summed E-state index contributed by atoms with van der Waals surface area (Å²) >= 11 is 0.784. The number of nitrogens with zero attached hydrogens (tertiary/aromatic N) is 1. The van der Waals surface area contributed by atoms with Gasteiger partial charge in [-0.25, -0.2) is 4.79 Å². The fraction of sp³-hybridized carbons (Fsp3) is 0.235. The van der Waals surface area contributed by atoms with E-state index in [1.807, 2.05) is 0 Å². The molecule has 124 valence electrons. The van der Waals surface area contributed by atoms with Crippen LogP contribution in [0.5, 0.6) is 5.75 Å². The van der Waals surface area contributed by atoms with Crippen LogP contribution in [0.25, 0.3) is 6.08 Å². The van der Waals surface area contributed by atoms with Gasteiger partial charge in [0.1, 0.15) is 18.4 Å². The molecule has 0 bridgehead atoms. The molecule has 1 aromatic rings. The Kier molecular flexibility index (Phi) is 5.66. The lowest BCUT2D eigenvalue weighted by atomic mass is 10.2. The highest BCUT2D eigenvalue weighted by Crippen LogP contribution is 2.34. The molecule has 6 nitrogen and oxygen atoms in total. The van der Waals surface area contributed by atoms with Gasteiger partial charge in [-0.3, -0.25) is 14.5 Å². The first-order valence-corrected chi connectivity index (χ1v) is 7.80. The summed E-state index contributed by atoms with van der Waals surface area (Å²) in [5.41, 5.74) is 0.722. The number of esters is 1. The van der Waals surface area contributed by atoms with Crippen LogP contribution in [0.4, 0.5) is 4.79 Å². The molecule has 0 spiro atoms. The Morgan fingerprint density at radius 2 is 2.04 bits per heavy atom. The largest absolute Gasteiger partial charge is 0.481 e. The second-order valence-corrected chi connectivity index (χ2v) is 5.81. The van der Waals surface area contributed by atoms with Gasteiger partial charge in [-0.1, -0.05) is 18.1 Å². The maximum Gasteiger partial charge on any atom is 0.328 e. The normalized spacial score (nSPS) is 16.9. The van der Waals surface area contributed by atoms with Crippen LogP contribution < -0.4 is 4.74 Å². The number of hydrogen-bond acceptors (Lipinski definition) is 6. The number of ether oxygens (including phenoxy) is 2. The quantitative estimate of drug-likeness (QED) is 0.463. The zero-order valence-corrected chi connectivity index (χ0v) is 14.0.